The summed E-state index contributed by atoms with van der Waals surface area (Å²) in [4.78, 5) is 27.2. The first-order valence-corrected chi connectivity index (χ1v) is 10.1. The predicted molar refractivity (Wildman–Crippen MR) is 118 cm³/mol. The number of benzene rings is 2. The van der Waals surface area contributed by atoms with E-state index in [1.54, 1.807) is 36.4 Å². The van der Waals surface area contributed by atoms with Crippen LogP contribution in [0.3, 0.4) is 0 Å². The van der Waals surface area contributed by atoms with Crippen LogP contribution in [0.2, 0.25) is 0 Å². The average molecular weight is 482 g/mol. The molecule has 1 aliphatic heterocycles. The molecule has 8 heteroatoms. The zero-order chi connectivity index (χ0) is 22.7. The molecule has 0 saturated carbocycles. The van der Waals surface area contributed by atoms with E-state index in [2.05, 4.69) is 22.0 Å². The fourth-order valence-corrected chi connectivity index (χ4v) is 3.75. The Morgan fingerprint density at radius 2 is 1.61 bits per heavy atom. The first-order chi connectivity index (χ1) is 14.8. The van der Waals surface area contributed by atoms with Gasteiger partial charge in [0.15, 0.2) is 0 Å². The van der Waals surface area contributed by atoms with Crippen molar-refractivity contribution in [3.63, 3.8) is 0 Å². The van der Waals surface area contributed by atoms with Crippen LogP contribution in [0.1, 0.15) is 17.0 Å². The van der Waals surface area contributed by atoms with Crippen LogP contribution in [0.4, 0.5) is 5.69 Å². The fourth-order valence-electron chi connectivity index (χ4n) is 3.49. The average Bonchev–Trinajstić information content (AvgIpc) is 2.78. The molecule has 0 aliphatic carbocycles. The van der Waals surface area contributed by atoms with Gasteiger partial charge in [-0.2, -0.15) is 5.26 Å². The number of halogens is 1. The highest BCUT2D eigenvalue weighted by Gasteiger charge is 2.42. The zero-order valence-electron chi connectivity index (χ0n) is 17.2. The van der Waals surface area contributed by atoms with Crippen LogP contribution in [0, 0.1) is 18.3 Å². The molecule has 158 valence electrons. The number of nitrogens with two attached hydrogens (primary N) is 1. The lowest BCUT2D eigenvalue weighted by Gasteiger charge is -2.35. The maximum absolute atomic E-state index is 13.0. The third kappa shape index (κ3) is 4.05. The Bertz CT molecular complexity index is 1130. The van der Waals surface area contributed by atoms with Gasteiger partial charge in [-0.15, -0.1) is 0 Å². The number of aryl methyl sites for hydroxylation is 1. The molecule has 0 amide bonds. The standard InChI is InChI=1S/C23H20BrN3O4/c1-13-4-10-16(11-5-13)27-20(23(29)31-3)19(22(28)30-2)18(17(12-25)21(27)26)14-6-8-15(24)9-7-14/h4-11,18H,26H2,1-3H3/t18-/m0/s1. The van der Waals surface area contributed by atoms with Crippen LogP contribution in [0.5, 0.6) is 0 Å². The molecule has 0 spiro atoms. The lowest BCUT2D eigenvalue weighted by molar-refractivity contribution is -0.139. The first kappa shape index (κ1) is 22.1. The van der Waals surface area contributed by atoms with Crippen molar-refractivity contribution in [2.75, 3.05) is 19.1 Å². The van der Waals surface area contributed by atoms with Gasteiger partial charge >= 0.3 is 11.9 Å². The van der Waals surface area contributed by atoms with E-state index in [1.165, 1.54) is 19.1 Å². The minimum atomic E-state index is -0.902. The fraction of sp³-hybridized carbons (Fsp3) is 0.174. The number of carbonyl (C=O) groups excluding carboxylic acids is 2. The van der Waals surface area contributed by atoms with Crippen molar-refractivity contribution in [3.8, 4) is 6.07 Å². The Balaban J connectivity index is 2.39. The molecular formula is C23H20BrN3O4. The van der Waals surface area contributed by atoms with Crippen molar-refractivity contribution in [2.24, 2.45) is 5.73 Å². The molecule has 2 aromatic carbocycles. The van der Waals surface area contributed by atoms with Gasteiger partial charge < -0.3 is 15.2 Å². The van der Waals surface area contributed by atoms with E-state index >= 15 is 0 Å². The molecule has 0 saturated heterocycles. The molecule has 3 rings (SSSR count). The van der Waals surface area contributed by atoms with Crippen LogP contribution in [-0.2, 0) is 19.1 Å². The summed E-state index contributed by atoms with van der Waals surface area (Å²) in [5.74, 6) is -2.40. The number of esters is 2. The van der Waals surface area contributed by atoms with E-state index in [0.29, 0.717) is 11.3 Å². The quantitative estimate of drug-likeness (QED) is 0.664. The van der Waals surface area contributed by atoms with Gasteiger partial charge in [0, 0.05) is 10.2 Å². The smallest absolute Gasteiger partial charge is 0.355 e. The molecular weight excluding hydrogens is 462 g/mol. The van der Waals surface area contributed by atoms with Gasteiger partial charge in [0.25, 0.3) is 0 Å². The lowest BCUT2D eigenvalue weighted by Crippen LogP contribution is -2.40. The normalized spacial score (nSPS) is 16.1. The minimum Gasteiger partial charge on any atom is -0.466 e. The summed E-state index contributed by atoms with van der Waals surface area (Å²) in [6, 6.07) is 16.3. The molecule has 1 atom stereocenters. The van der Waals surface area contributed by atoms with Crippen LogP contribution in [0.25, 0.3) is 0 Å². The maximum atomic E-state index is 13.0. The van der Waals surface area contributed by atoms with E-state index in [0.717, 1.165) is 10.0 Å². The van der Waals surface area contributed by atoms with Crippen molar-refractivity contribution < 1.29 is 19.1 Å². The molecule has 0 radical (unpaired) electrons. The summed E-state index contributed by atoms with van der Waals surface area (Å²) in [7, 11) is 2.43. The summed E-state index contributed by atoms with van der Waals surface area (Å²) >= 11 is 3.38. The number of hydrogen-bond donors (Lipinski definition) is 1. The molecule has 0 fully saturated rings. The number of nitrogens with zero attached hydrogens (tertiary/aromatic N) is 2. The molecule has 2 aromatic rings. The van der Waals surface area contributed by atoms with Gasteiger partial charge in [0.05, 0.1) is 37.4 Å². The van der Waals surface area contributed by atoms with Crippen molar-refractivity contribution >= 4 is 33.6 Å². The Morgan fingerprint density at radius 3 is 2.13 bits per heavy atom. The number of nitriles is 1. The second-order valence-corrected chi connectivity index (χ2v) is 7.73. The second-order valence-electron chi connectivity index (χ2n) is 6.81. The van der Waals surface area contributed by atoms with Crippen LogP contribution < -0.4 is 10.6 Å². The summed E-state index contributed by atoms with van der Waals surface area (Å²) < 4.78 is 10.8. The topological polar surface area (TPSA) is 106 Å². The van der Waals surface area contributed by atoms with Gasteiger partial charge in [-0.25, -0.2) is 9.59 Å². The van der Waals surface area contributed by atoms with Gasteiger partial charge in [0.1, 0.15) is 11.5 Å². The summed E-state index contributed by atoms with van der Waals surface area (Å²) in [5, 5.41) is 10.00. The summed E-state index contributed by atoms with van der Waals surface area (Å²) in [5.41, 5.74) is 8.53. The molecule has 0 bridgehead atoms. The molecule has 1 heterocycles. The molecule has 0 aromatic heterocycles. The van der Waals surface area contributed by atoms with E-state index in [1.807, 2.05) is 19.1 Å². The van der Waals surface area contributed by atoms with Gasteiger partial charge in [-0.1, -0.05) is 45.8 Å². The number of rotatable bonds is 4. The second kappa shape index (κ2) is 9.06. The third-order valence-corrected chi connectivity index (χ3v) is 5.50. The monoisotopic (exact) mass is 481 g/mol. The predicted octanol–water partition coefficient (Wildman–Crippen LogP) is 3.66. The Hall–Kier alpha value is -3.57. The van der Waals surface area contributed by atoms with Crippen molar-refractivity contribution in [3.05, 3.63) is 86.8 Å². The van der Waals surface area contributed by atoms with Gasteiger partial charge in [0.2, 0.25) is 0 Å². The maximum Gasteiger partial charge on any atom is 0.355 e. The van der Waals surface area contributed by atoms with Crippen molar-refractivity contribution in [1.29, 1.82) is 5.26 Å². The molecule has 31 heavy (non-hydrogen) atoms. The largest absolute Gasteiger partial charge is 0.466 e. The van der Waals surface area contributed by atoms with Crippen LogP contribution in [0.15, 0.2) is 75.7 Å². The number of methoxy groups -OCH3 is 2. The molecule has 2 N–H and O–H groups in total. The number of hydrogen-bond acceptors (Lipinski definition) is 7. The molecule has 1 aliphatic rings. The minimum absolute atomic E-state index is 0.0250. The van der Waals surface area contributed by atoms with Gasteiger partial charge in [-0.05, 0) is 36.8 Å². The SMILES string of the molecule is COC(=O)C1=C(C(=O)OC)N(c2ccc(C)cc2)C(N)=C(C#N)[C@@H]1c1ccc(Br)cc1. The number of allylic oxidation sites excluding steroid dienone is 1. The van der Waals surface area contributed by atoms with Crippen LogP contribution in [-0.4, -0.2) is 26.2 Å². The number of ether oxygens (including phenoxy) is 2. The summed E-state index contributed by atoms with van der Waals surface area (Å²) in [6.45, 7) is 1.92. The molecule has 0 unspecified atom stereocenters. The first-order valence-electron chi connectivity index (χ1n) is 9.26. The lowest BCUT2D eigenvalue weighted by atomic mass is 9.81. The Labute approximate surface area is 188 Å². The van der Waals surface area contributed by atoms with Crippen LogP contribution >= 0.6 is 15.9 Å². The number of anilines is 1. The Kier molecular flexibility index (Phi) is 6.47. The number of carbonyl (C=O) groups is 2. The Morgan fingerprint density at radius 1 is 1.03 bits per heavy atom. The molecule has 7 nitrogen and oxygen atoms in total. The van der Waals surface area contributed by atoms with E-state index in [4.69, 9.17) is 15.2 Å². The summed E-state index contributed by atoms with van der Waals surface area (Å²) in [6.07, 6.45) is 0. The van der Waals surface area contributed by atoms with E-state index in [-0.39, 0.29) is 22.7 Å². The van der Waals surface area contributed by atoms with E-state index < -0.39 is 17.9 Å². The van der Waals surface area contributed by atoms with Crippen molar-refractivity contribution in [2.45, 2.75) is 12.8 Å². The highest BCUT2D eigenvalue weighted by Crippen LogP contribution is 2.43. The van der Waals surface area contributed by atoms with Gasteiger partial charge in [-0.3, -0.25) is 4.90 Å². The third-order valence-electron chi connectivity index (χ3n) is 4.97. The highest BCUT2D eigenvalue weighted by molar-refractivity contribution is 9.10. The zero-order valence-corrected chi connectivity index (χ0v) is 18.8. The highest BCUT2D eigenvalue weighted by atomic mass is 79.9. The van der Waals surface area contributed by atoms with E-state index in [9.17, 15) is 14.9 Å². The van der Waals surface area contributed by atoms with Crippen molar-refractivity contribution in [1.82, 2.24) is 0 Å².